The van der Waals surface area contributed by atoms with E-state index < -0.39 is 35.4 Å². The average Bonchev–Trinajstić information content (AvgIpc) is 3.53. The quantitative estimate of drug-likeness (QED) is 0.280. The third-order valence-corrected chi connectivity index (χ3v) is 8.45. The van der Waals surface area contributed by atoms with E-state index in [4.69, 9.17) is 5.26 Å². The molecule has 0 unspecified atom stereocenters. The Kier molecular flexibility index (Phi) is 6.74. The predicted octanol–water partition coefficient (Wildman–Crippen LogP) is 4.87. The number of halogens is 4. The van der Waals surface area contributed by atoms with Crippen LogP contribution in [0.3, 0.4) is 0 Å². The van der Waals surface area contributed by atoms with E-state index in [9.17, 15) is 9.50 Å². The molecule has 0 saturated carbocycles. The fourth-order valence-electron chi connectivity index (χ4n) is 5.99. The number of hydrogen-bond acceptors (Lipinski definition) is 8. The number of pyridine rings is 1. The van der Waals surface area contributed by atoms with Crippen LogP contribution in [0.2, 0.25) is 0 Å². The van der Waals surface area contributed by atoms with Gasteiger partial charge in [0, 0.05) is 54.8 Å². The Hall–Kier alpha value is -5.35. The van der Waals surface area contributed by atoms with Crippen molar-refractivity contribution < 1.29 is 22.7 Å². The number of anilines is 2. The standard InChI is InChI=1S/C32H24F4N8O/c33-23-5-8-26-25(16-23)30-39-40-41-44(30)19-31(26,45)32(35,36)29-10-4-22(18-38-29)21-3-9-28(27(34)15-21)43-13-11-42(12-14-43)24-6-1-20(17-37)2-7-24/h1-10,15-16,18,45H,11-14,19H2/t31-/m0/s1. The SMILES string of the molecule is N#Cc1ccc(N2CCN(c3ccc(-c4ccc(C(F)(F)[C@]5(O)Cn6nnnc6-c6cc(F)ccc65)nc4)cc3F)CC2)cc1. The van der Waals surface area contributed by atoms with Gasteiger partial charge >= 0.3 is 5.92 Å². The Morgan fingerprint density at radius 2 is 1.60 bits per heavy atom. The van der Waals surface area contributed by atoms with Gasteiger partial charge < -0.3 is 14.9 Å². The molecule has 0 bridgehead atoms. The highest BCUT2D eigenvalue weighted by molar-refractivity contribution is 5.67. The van der Waals surface area contributed by atoms with E-state index >= 15 is 13.2 Å². The van der Waals surface area contributed by atoms with Crippen LogP contribution >= 0.6 is 0 Å². The Labute approximate surface area is 254 Å². The van der Waals surface area contributed by atoms with Crippen LogP contribution in [0.5, 0.6) is 0 Å². The molecule has 45 heavy (non-hydrogen) atoms. The molecular formula is C32H24F4N8O. The van der Waals surface area contributed by atoms with Gasteiger partial charge in [-0.25, -0.2) is 13.5 Å². The van der Waals surface area contributed by atoms with Crippen LogP contribution in [-0.4, -0.2) is 56.5 Å². The van der Waals surface area contributed by atoms with Crippen molar-refractivity contribution in [2.75, 3.05) is 36.0 Å². The van der Waals surface area contributed by atoms with Crippen LogP contribution in [0.25, 0.3) is 22.5 Å². The second-order valence-corrected chi connectivity index (χ2v) is 11.0. The molecule has 2 aliphatic rings. The fourth-order valence-corrected chi connectivity index (χ4v) is 5.99. The molecule has 1 N–H and O–H groups in total. The van der Waals surface area contributed by atoms with Gasteiger partial charge in [0.1, 0.15) is 17.3 Å². The summed E-state index contributed by atoms with van der Waals surface area (Å²) < 4.78 is 62.5. The van der Waals surface area contributed by atoms with Gasteiger partial charge in [-0.2, -0.15) is 14.0 Å². The maximum Gasteiger partial charge on any atom is 0.323 e. The third-order valence-electron chi connectivity index (χ3n) is 8.45. The molecule has 1 atom stereocenters. The molecule has 7 rings (SSSR count). The van der Waals surface area contributed by atoms with E-state index in [0.717, 1.165) is 34.6 Å². The van der Waals surface area contributed by atoms with Crippen molar-refractivity contribution in [1.82, 2.24) is 25.2 Å². The van der Waals surface area contributed by atoms with Crippen LogP contribution in [0.1, 0.15) is 16.8 Å². The van der Waals surface area contributed by atoms with Gasteiger partial charge in [0.25, 0.3) is 0 Å². The summed E-state index contributed by atoms with van der Waals surface area (Å²) in [5.74, 6) is -5.02. The zero-order valence-corrected chi connectivity index (χ0v) is 23.6. The first kappa shape index (κ1) is 28.4. The molecule has 0 radical (unpaired) electrons. The van der Waals surface area contributed by atoms with Crippen LogP contribution in [-0.2, 0) is 18.1 Å². The number of nitriles is 1. The minimum Gasteiger partial charge on any atom is -0.377 e. The number of tetrazole rings is 1. The van der Waals surface area contributed by atoms with Gasteiger partial charge in [0.05, 0.1) is 23.9 Å². The Morgan fingerprint density at radius 3 is 2.29 bits per heavy atom. The minimum atomic E-state index is -3.93. The molecule has 3 aromatic carbocycles. The smallest absolute Gasteiger partial charge is 0.323 e. The largest absolute Gasteiger partial charge is 0.377 e. The lowest BCUT2D eigenvalue weighted by molar-refractivity contribution is -0.207. The van der Waals surface area contributed by atoms with Gasteiger partial charge in [-0.3, -0.25) is 4.98 Å². The molecule has 0 amide bonds. The van der Waals surface area contributed by atoms with Gasteiger partial charge in [-0.15, -0.1) is 5.10 Å². The molecule has 0 aliphatic carbocycles. The van der Waals surface area contributed by atoms with Crippen molar-refractivity contribution in [3.63, 3.8) is 0 Å². The minimum absolute atomic E-state index is 0.0451. The third kappa shape index (κ3) is 4.74. The Balaban J connectivity index is 1.09. The second-order valence-electron chi connectivity index (χ2n) is 11.0. The Bertz CT molecular complexity index is 1930. The van der Waals surface area contributed by atoms with Gasteiger partial charge in [0.15, 0.2) is 11.4 Å². The summed E-state index contributed by atoms with van der Waals surface area (Å²) in [6.45, 7) is 1.85. The van der Waals surface area contributed by atoms with E-state index in [2.05, 4.69) is 31.5 Å². The van der Waals surface area contributed by atoms with Crippen molar-refractivity contribution >= 4 is 11.4 Å². The van der Waals surface area contributed by atoms with Crippen molar-refractivity contribution in [3.8, 4) is 28.6 Å². The maximum atomic E-state index is 16.1. The lowest BCUT2D eigenvalue weighted by Gasteiger charge is -2.39. The monoisotopic (exact) mass is 612 g/mol. The van der Waals surface area contributed by atoms with Crippen molar-refractivity contribution in [1.29, 1.82) is 5.26 Å². The molecule has 2 aromatic heterocycles. The number of alkyl halides is 2. The number of fused-ring (bicyclic) bond motifs is 3. The number of piperazine rings is 1. The maximum absolute atomic E-state index is 16.1. The lowest BCUT2D eigenvalue weighted by Crippen LogP contribution is -2.49. The second kappa shape index (κ2) is 10.7. The summed E-state index contributed by atoms with van der Waals surface area (Å²) in [7, 11) is 0. The predicted molar refractivity (Wildman–Crippen MR) is 156 cm³/mol. The number of benzene rings is 3. The summed E-state index contributed by atoms with van der Waals surface area (Å²) in [6.07, 6.45) is 1.20. The van der Waals surface area contributed by atoms with Crippen LogP contribution in [0.15, 0.2) is 79.0 Å². The number of nitrogens with zero attached hydrogens (tertiary/aromatic N) is 8. The molecule has 1 saturated heterocycles. The molecule has 1 fully saturated rings. The highest BCUT2D eigenvalue weighted by Crippen LogP contribution is 2.50. The van der Waals surface area contributed by atoms with E-state index in [0.29, 0.717) is 48.6 Å². The number of aromatic nitrogens is 5. The molecule has 5 aromatic rings. The average molecular weight is 613 g/mol. The number of hydrogen-bond donors (Lipinski definition) is 1. The zero-order valence-electron chi connectivity index (χ0n) is 23.6. The molecule has 9 nitrogen and oxygen atoms in total. The van der Waals surface area contributed by atoms with Crippen molar-refractivity contribution in [3.05, 3.63) is 107 Å². The molecule has 226 valence electrons. The first-order chi connectivity index (χ1) is 21.7. The van der Waals surface area contributed by atoms with Crippen LogP contribution in [0.4, 0.5) is 28.9 Å². The van der Waals surface area contributed by atoms with Gasteiger partial charge in [-0.1, -0.05) is 18.2 Å². The van der Waals surface area contributed by atoms with E-state index in [1.54, 1.807) is 24.3 Å². The molecular weight excluding hydrogens is 588 g/mol. The molecule has 2 aliphatic heterocycles. The Morgan fingerprint density at radius 1 is 0.867 bits per heavy atom. The van der Waals surface area contributed by atoms with E-state index in [-0.39, 0.29) is 17.0 Å². The first-order valence-electron chi connectivity index (χ1n) is 14.1. The molecule has 0 spiro atoms. The summed E-state index contributed by atoms with van der Waals surface area (Å²) in [4.78, 5) is 8.10. The van der Waals surface area contributed by atoms with Gasteiger partial charge in [-0.05, 0) is 70.6 Å². The normalized spacial score (nSPS) is 17.9. The lowest BCUT2D eigenvalue weighted by atomic mass is 9.80. The van der Waals surface area contributed by atoms with Crippen molar-refractivity contribution in [2.45, 2.75) is 18.1 Å². The topological polar surface area (TPSA) is 107 Å². The summed E-state index contributed by atoms with van der Waals surface area (Å²) in [6, 6.07) is 19.7. The van der Waals surface area contributed by atoms with Crippen LogP contribution < -0.4 is 9.80 Å². The van der Waals surface area contributed by atoms with Crippen LogP contribution in [0, 0.1) is 23.0 Å². The fraction of sp³-hybridized carbons (Fsp3) is 0.219. The highest BCUT2D eigenvalue weighted by atomic mass is 19.3. The number of aliphatic hydroxyl groups is 1. The highest BCUT2D eigenvalue weighted by Gasteiger charge is 2.59. The zero-order chi connectivity index (χ0) is 31.3. The summed E-state index contributed by atoms with van der Waals surface area (Å²) in [5, 5.41) is 31.4. The van der Waals surface area contributed by atoms with E-state index in [1.165, 1.54) is 18.3 Å². The summed E-state index contributed by atoms with van der Waals surface area (Å²) in [5.41, 5.74) is -0.938. The van der Waals surface area contributed by atoms with Crippen molar-refractivity contribution in [2.24, 2.45) is 0 Å². The summed E-state index contributed by atoms with van der Waals surface area (Å²) >= 11 is 0. The first-order valence-corrected chi connectivity index (χ1v) is 14.1. The van der Waals surface area contributed by atoms with E-state index in [1.807, 2.05) is 17.0 Å². The molecule has 4 heterocycles. The number of rotatable bonds is 5. The van der Waals surface area contributed by atoms with Gasteiger partial charge in [0.2, 0.25) is 0 Å². The molecule has 13 heteroatoms.